The van der Waals surface area contributed by atoms with Gasteiger partial charge >= 0.3 is 0 Å². The lowest BCUT2D eigenvalue weighted by molar-refractivity contribution is -0.117. The zero-order valence-corrected chi connectivity index (χ0v) is 15.1. The molecule has 0 radical (unpaired) electrons. The Morgan fingerprint density at radius 3 is 2.78 bits per heavy atom. The Labute approximate surface area is 157 Å². The van der Waals surface area contributed by atoms with Crippen molar-refractivity contribution in [2.45, 2.75) is 25.7 Å². The van der Waals surface area contributed by atoms with E-state index >= 15 is 0 Å². The van der Waals surface area contributed by atoms with Crippen molar-refractivity contribution in [1.29, 1.82) is 0 Å². The van der Waals surface area contributed by atoms with E-state index in [0.717, 1.165) is 42.8 Å². The van der Waals surface area contributed by atoms with Crippen LogP contribution >= 0.6 is 0 Å². The van der Waals surface area contributed by atoms with Crippen LogP contribution in [0.3, 0.4) is 0 Å². The van der Waals surface area contributed by atoms with Gasteiger partial charge in [0.05, 0.1) is 11.7 Å². The molecule has 6 nitrogen and oxygen atoms in total. The number of pyridine rings is 1. The first-order chi connectivity index (χ1) is 13.2. The van der Waals surface area contributed by atoms with Crippen molar-refractivity contribution in [2.75, 3.05) is 18.0 Å². The SMILES string of the molecule is O=C(NCCCc1ncc2ccccn12)c1ccc(N2CCCC2=O)cc1. The molecule has 1 aromatic carbocycles. The largest absolute Gasteiger partial charge is 0.352 e. The number of hydrogen-bond acceptors (Lipinski definition) is 3. The quantitative estimate of drug-likeness (QED) is 0.686. The van der Waals surface area contributed by atoms with Gasteiger partial charge in [-0.25, -0.2) is 4.98 Å². The predicted molar refractivity (Wildman–Crippen MR) is 104 cm³/mol. The number of carbonyl (C=O) groups excluding carboxylic acids is 2. The Bertz CT molecular complexity index is 962. The maximum Gasteiger partial charge on any atom is 0.251 e. The average molecular weight is 362 g/mol. The minimum atomic E-state index is -0.0951. The summed E-state index contributed by atoms with van der Waals surface area (Å²) in [4.78, 5) is 30.3. The minimum absolute atomic E-state index is 0.0951. The molecule has 1 fully saturated rings. The molecule has 138 valence electrons. The van der Waals surface area contributed by atoms with Gasteiger partial charge in [0.2, 0.25) is 5.91 Å². The molecule has 0 bridgehead atoms. The molecule has 0 spiro atoms. The van der Waals surface area contributed by atoms with Gasteiger partial charge in [0, 0.05) is 43.4 Å². The minimum Gasteiger partial charge on any atom is -0.352 e. The lowest BCUT2D eigenvalue weighted by atomic mass is 10.2. The smallest absolute Gasteiger partial charge is 0.251 e. The number of amides is 2. The standard InChI is InChI=1S/C21H22N4O2/c26-20-7-4-14-25(20)17-10-8-16(9-11-17)21(27)22-12-3-6-19-23-15-18-5-1-2-13-24(18)19/h1-2,5,8-11,13,15H,3-4,6-7,12,14H2,(H,22,27). The second-order valence-electron chi connectivity index (χ2n) is 6.73. The van der Waals surface area contributed by atoms with Gasteiger partial charge in [-0.15, -0.1) is 0 Å². The molecule has 2 amide bonds. The van der Waals surface area contributed by atoms with E-state index in [-0.39, 0.29) is 11.8 Å². The number of anilines is 1. The average Bonchev–Trinajstić information content (AvgIpc) is 3.31. The highest BCUT2D eigenvalue weighted by molar-refractivity contribution is 5.97. The number of nitrogens with zero attached hydrogens (tertiary/aromatic N) is 3. The van der Waals surface area contributed by atoms with Crippen LogP contribution in [0, 0.1) is 0 Å². The molecule has 1 aliphatic rings. The van der Waals surface area contributed by atoms with Crippen molar-refractivity contribution >= 4 is 23.0 Å². The normalized spacial score (nSPS) is 14.1. The Morgan fingerprint density at radius 2 is 2.00 bits per heavy atom. The van der Waals surface area contributed by atoms with Gasteiger partial charge < -0.3 is 14.6 Å². The molecule has 4 rings (SSSR count). The summed E-state index contributed by atoms with van der Waals surface area (Å²) < 4.78 is 2.07. The van der Waals surface area contributed by atoms with Gasteiger partial charge in [0.25, 0.3) is 5.91 Å². The van der Waals surface area contributed by atoms with E-state index in [2.05, 4.69) is 14.7 Å². The molecule has 3 heterocycles. The van der Waals surface area contributed by atoms with Gasteiger partial charge in [-0.2, -0.15) is 0 Å². The van der Waals surface area contributed by atoms with Crippen molar-refractivity contribution in [3.05, 3.63) is 66.2 Å². The van der Waals surface area contributed by atoms with Gasteiger partial charge in [0.1, 0.15) is 5.82 Å². The highest BCUT2D eigenvalue weighted by Gasteiger charge is 2.21. The summed E-state index contributed by atoms with van der Waals surface area (Å²) in [5.74, 6) is 1.06. The third-order valence-electron chi connectivity index (χ3n) is 4.89. The van der Waals surface area contributed by atoms with Crippen molar-refractivity contribution < 1.29 is 9.59 Å². The zero-order valence-electron chi connectivity index (χ0n) is 15.1. The van der Waals surface area contributed by atoms with E-state index in [1.54, 1.807) is 17.0 Å². The van der Waals surface area contributed by atoms with Gasteiger partial charge in [-0.1, -0.05) is 6.07 Å². The molecule has 0 aliphatic carbocycles. The monoisotopic (exact) mass is 362 g/mol. The second kappa shape index (κ2) is 7.61. The Balaban J connectivity index is 1.28. The summed E-state index contributed by atoms with van der Waals surface area (Å²) in [7, 11) is 0. The first-order valence-electron chi connectivity index (χ1n) is 9.32. The highest BCUT2D eigenvalue weighted by Crippen LogP contribution is 2.21. The lowest BCUT2D eigenvalue weighted by Gasteiger charge is -2.15. The second-order valence-corrected chi connectivity index (χ2v) is 6.73. The summed E-state index contributed by atoms with van der Waals surface area (Å²) in [5.41, 5.74) is 2.55. The fourth-order valence-corrected chi connectivity index (χ4v) is 3.45. The predicted octanol–water partition coefficient (Wildman–Crippen LogP) is 2.82. The van der Waals surface area contributed by atoms with Crippen LogP contribution in [-0.2, 0) is 11.2 Å². The Hall–Kier alpha value is -3.15. The molecular weight excluding hydrogens is 340 g/mol. The molecule has 1 N–H and O–H groups in total. The zero-order chi connectivity index (χ0) is 18.6. The van der Waals surface area contributed by atoms with E-state index in [9.17, 15) is 9.59 Å². The molecule has 1 saturated heterocycles. The summed E-state index contributed by atoms with van der Waals surface area (Å²) in [6.07, 6.45) is 6.99. The number of nitrogens with one attached hydrogen (secondary N) is 1. The Kier molecular flexibility index (Phi) is 4.87. The number of aryl methyl sites for hydroxylation is 1. The van der Waals surface area contributed by atoms with Crippen LogP contribution in [0.1, 0.15) is 35.4 Å². The van der Waals surface area contributed by atoms with Crippen LogP contribution in [-0.4, -0.2) is 34.3 Å². The Morgan fingerprint density at radius 1 is 1.15 bits per heavy atom. The summed E-state index contributed by atoms with van der Waals surface area (Å²) >= 11 is 0. The van der Waals surface area contributed by atoms with Crippen LogP contribution in [0.5, 0.6) is 0 Å². The number of rotatable bonds is 6. The molecule has 2 aromatic heterocycles. The summed E-state index contributed by atoms with van der Waals surface area (Å²) in [6, 6.07) is 13.2. The summed E-state index contributed by atoms with van der Waals surface area (Å²) in [6.45, 7) is 1.35. The van der Waals surface area contributed by atoms with Crippen LogP contribution in [0.2, 0.25) is 0 Å². The number of imidazole rings is 1. The lowest BCUT2D eigenvalue weighted by Crippen LogP contribution is -2.26. The fourth-order valence-electron chi connectivity index (χ4n) is 3.45. The van der Waals surface area contributed by atoms with E-state index < -0.39 is 0 Å². The van der Waals surface area contributed by atoms with E-state index in [4.69, 9.17) is 0 Å². The maximum atomic E-state index is 12.3. The third kappa shape index (κ3) is 3.69. The first kappa shape index (κ1) is 17.3. The van der Waals surface area contributed by atoms with Crippen LogP contribution < -0.4 is 10.2 Å². The molecule has 1 aliphatic heterocycles. The molecule has 0 unspecified atom stereocenters. The van der Waals surface area contributed by atoms with Crippen molar-refractivity contribution in [2.24, 2.45) is 0 Å². The highest BCUT2D eigenvalue weighted by atomic mass is 16.2. The third-order valence-corrected chi connectivity index (χ3v) is 4.89. The molecule has 0 atom stereocenters. The van der Waals surface area contributed by atoms with E-state index in [1.807, 2.05) is 42.7 Å². The first-order valence-corrected chi connectivity index (χ1v) is 9.32. The van der Waals surface area contributed by atoms with Gasteiger partial charge in [-0.3, -0.25) is 9.59 Å². The van der Waals surface area contributed by atoms with Crippen molar-refractivity contribution in [3.63, 3.8) is 0 Å². The van der Waals surface area contributed by atoms with Crippen LogP contribution in [0.25, 0.3) is 5.52 Å². The number of hydrogen-bond donors (Lipinski definition) is 1. The fraction of sp³-hybridized carbons (Fsp3) is 0.286. The number of fused-ring (bicyclic) bond motifs is 1. The van der Waals surface area contributed by atoms with Crippen LogP contribution in [0.4, 0.5) is 5.69 Å². The molecule has 6 heteroatoms. The van der Waals surface area contributed by atoms with E-state index in [1.165, 1.54) is 0 Å². The number of benzene rings is 1. The summed E-state index contributed by atoms with van der Waals surface area (Å²) in [5, 5.41) is 2.95. The van der Waals surface area contributed by atoms with E-state index in [0.29, 0.717) is 18.5 Å². The van der Waals surface area contributed by atoms with Crippen LogP contribution in [0.15, 0.2) is 54.9 Å². The number of carbonyl (C=O) groups is 2. The molecule has 3 aromatic rings. The molecular formula is C21H22N4O2. The van der Waals surface area contributed by atoms with Gasteiger partial charge in [-0.05, 0) is 49.2 Å². The van der Waals surface area contributed by atoms with Crippen molar-refractivity contribution in [1.82, 2.24) is 14.7 Å². The van der Waals surface area contributed by atoms with Crippen molar-refractivity contribution in [3.8, 4) is 0 Å². The molecule has 27 heavy (non-hydrogen) atoms. The topological polar surface area (TPSA) is 66.7 Å². The van der Waals surface area contributed by atoms with Gasteiger partial charge in [0.15, 0.2) is 0 Å². The molecule has 0 saturated carbocycles. The maximum absolute atomic E-state index is 12.3. The number of aromatic nitrogens is 2.